The highest BCUT2D eigenvalue weighted by atomic mass is 32.2. The number of ether oxygens (including phenoxy) is 1. The van der Waals surface area contributed by atoms with Crippen LogP contribution in [-0.4, -0.2) is 93.4 Å². The average Bonchev–Trinajstić information content (AvgIpc) is 3.33. The summed E-state index contributed by atoms with van der Waals surface area (Å²) in [5, 5.41) is 0. The molecule has 1 aromatic heterocycles. The fourth-order valence-corrected chi connectivity index (χ4v) is 6.19. The predicted octanol–water partition coefficient (Wildman–Crippen LogP) is 0.974. The molecular formula is C24H29N5O5S. The summed E-state index contributed by atoms with van der Waals surface area (Å²) in [6.45, 7) is 6.01. The first-order valence-electron chi connectivity index (χ1n) is 11.8. The molecule has 2 amide bonds. The van der Waals surface area contributed by atoms with Crippen LogP contribution >= 0.6 is 0 Å². The number of benzene rings is 1. The van der Waals surface area contributed by atoms with Crippen LogP contribution in [0.3, 0.4) is 0 Å². The molecule has 3 aliphatic rings. The van der Waals surface area contributed by atoms with E-state index in [0.717, 1.165) is 17.7 Å². The van der Waals surface area contributed by atoms with E-state index in [4.69, 9.17) is 4.74 Å². The first-order valence-corrected chi connectivity index (χ1v) is 13.3. The van der Waals surface area contributed by atoms with Crippen LogP contribution in [0.4, 0.5) is 11.5 Å². The molecule has 0 saturated carbocycles. The zero-order valence-corrected chi connectivity index (χ0v) is 20.5. The van der Waals surface area contributed by atoms with Crippen molar-refractivity contribution in [2.45, 2.75) is 18.2 Å². The van der Waals surface area contributed by atoms with Crippen LogP contribution in [-0.2, 0) is 26.0 Å². The lowest BCUT2D eigenvalue weighted by molar-refractivity contribution is -0.116. The number of carbonyl (C=O) groups excluding carboxylic acids is 2. The summed E-state index contributed by atoms with van der Waals surface area (Å²) in [5.41, 5.74) is 2.56. The molecule has 0 N–H and O–H groups in total. The Morgan fingerprint density at radius 1 is 0.943 bits per heavy atom. The Labute approximate surface area is 205 Å². The number of hydrogen-bond donors (Lipinski definition) is 0. The minimum Gasteiger partial charge on any atom is -0.379 e. The Bertz CT molecular complexity index is 1220. The first-order chi connectivity index (χ1) is 16.8. The van der Waals surface area contributed by atoms with Gasteiger partial charge in [0.05, 0.1) is 13.2 Å². The Morgan fingerprint density at radius 2 is 1.69 bits per heavy atom. The van der Waals surface area contributed by atoms with E-state index in [-0.39, 0.29) is 16.7 Å². The molecule has 0 radical (unpaired) electrons. The molecule has 186 valence electrons. The number of nitrogens with zero attached hydrogens (tertiary/aromatic N) is 5. The number of piperazine rings is 1. The van der Waals surface area contributed by atoms with Crippen molar-refractivity contribution in [3.05, 3.63) is 47.7 Å². The Morgan fingerprint density at radius 3 is 2.34 bits per heavy atom. The molecule has 0 bridgehead atoms. The minimum atomic E-state index is -3.58. The number of amides is 2. The molecule has 2 saturated heterocycles. The molecule has 0 aliphatic carbocycles. The maximum absolute atomic E-state index is 13.1. The quantitative estimate of drug-likeness (QED) is 0.618. The van der Waals surface area contributed by atoms with Gasteiger partial charge in [-0.25, -0.2) is 13.4 Å². The Balaban J connectivity index is 1.21. The molecule has 35 heavy (non-hydrogen) atoms. The standard InChI is InChI=1S/C24H29N5O5S/c1-18(30)29-7-6-19-16-20(2-4-22(19)29)24(31)27-10-8-26(9-11-27)23-5-3-21(17-25-23)35(32,33)28-12-14-34-15-13-28/h2-5,16-17H,6-15H2,1H3. The van der Waals surface area contributed by atoms with Crippen molar-refractivity contribution in [1.82, 2.24) is 14.2 Å². The third-order valence-corrected chi connectivity index (χ3v) is 8.70. The van der Waals surface area contributed by atoms with Gasteiger partial charge in [0.15, 0.2) is 0 Å². The Hall–Kier alpha value is -3.02. The van der Waals surface area contributed by atoms with E-state index in [9.17, 15) is 18.0 Å². The minimum absolute atomic E-state index is 0.0132. The number of anilines is 2. The summed E-state index contributed by atoms with van der Waals surface area (Å²) < 4.78 is 32.3. The lowest BCUT2D eigenvalue weighted by Crippen LogP contribution is -2.49. The van der Waals surface area contributed by atoms with Gasteiger partial charge in [0.1, 0.15) is 10.7 Å². The maximum atomic E-state index is 13.1. The summed E-state index contributed by atoms with van der Waals surface area (Å²) in [5.74, 6) is 0.688. The van der Waals surface area contributed by atoms with Gasteiger partial charge in [0.25, 0.3) is 5.91 Å². The molecule has 1 aromatic carbocycles. The zero-order valence-electron chi connectivity index (χ0n) is 19.7. The van der Waals surface area contributed by atoms with E-state index in [2.05, 4.69) is 9.88 Å². The van der Waals surface area contributed by atoms with Gasteiger partial charge >= 0.3 is 0 Å². The van der Waals surface area contributed by atoms with Crippen molar-refractivity contribution in [3.63, 3.8) is 0 Å². The fourth-order valence-electron chi connectivity index (χ4n) is 4.83. The fraction of sp³-hybridized carbons (Fsp3) is 0.458. The monoisotopic (exact) mass is 499 g/mol. The van der Waals surface area contributed by atoms with E-state index in [0.29, 0.717) is 70.4 Å². The van der Waals surface area contributed by atoms with Crippen LogP contribution in [0.1, 0.15) is 22.8 Å². The molecule has 4 heterocycles. The predicted molar refractivity (Wildman–Crippen MR) is 130 cm³/mol. The second-order valence-electron chi connectivity index (χ2n) is 8.91. The molecule has 2 fully saturated rings. The van der Waals surface area contributed by atoms with Crippen LogP contribution in [0.25, 0.3) is 0 Å². The van der Waals surface area contributed by atoms with Gasteiger partial charge in [-0.3, -0.25) is 9.59 Å². The third kappa shape index (κ3) is 4.63. The highest BCUT2D eigenvalue weighted by Gasteiger charge is 2.28. The van der Waals surface area contributed by atoms with E-state index in [1.54, 1.807) is 30.0 Å². The maximum Gasteiger partial charge on any atom is 0.253 e. The highest BCUT2D eigenvalue weighted by Crippen LogP contribution is 2.29. The molecule has 5 rings (SSSR count). The number of sulfonamides is 1. The molecule has 10 nitrogen and oxygen atoms in total. The van der Waals surface area contributed by atoms with E-state index in [1.807, 2.05) is 17.0 Å². The highest BCUT2D eigenvalue weighted by molar-refractivity contribution is 7.89. The number of pyridine rings is 1. The summed E-state index contributed by atoms with van der Waals surface area (Å²) in [4.78, 5) is 35.1. The first kappa shape index (κ1) is 23.7. The summed E-state index contributed by atoms with van der Waals surface area (Å²) in [7, 11) is -3.58. The van der Waals surface area contributed by atoms with Crippen LogP contribution in [0.15, 0.2) is 41.4 Å². The SMILES string of the molecule is CC(=O)N1CCc2cc(C(=O)N3CCN(c4ccc(S(=O)(=O)N5CCOCC5)cn4)CC3)ccc21. The molecule has 2 aromatic rings. The van der Waals surface area contributed by atoms with Crippen molar-refractivity contribution in [3.8, 4) is 0 Å². The normalized spacial score (nSPS) is 19.1. The van der Waals surface area contributed by atoms with E-state index < -0.39 is 10.0 Å². The van der Waals surface area contributed by atoms with E-state index >= 15 is 0 Å². The van der Waals surface area contributed by atoms with Gasteiger partial charge in [0, 0.05) is 70.2 Å². The topological polar surface area (TPSA) is 103 Å². The smallest absolute Gasteiger partial charge is 0.253 e. The lowest BCUT2D eigenvalue weighted by Gasteiger charge is -2.35. The van der Waals surface area contributed by atoms with Gasteiger partial charge in [-0.1, -0.05) is 0 Å². The summed E-state index contributed by atoms with van der Waals surface area (Å²) in [6.07, 6.45) is 2.17. The van der Waals surface area contributed by atoms with Gasteiger partial charge in [0.2, 0.25) is 15.9 Å². The number of morpholine rings is 1. The van der Waals surface area contributed by atoms with Gasteiger partial charge < -0.3 is 19.4 Å². The van der Waals surface area contributed by atoms with Gasteiger partial charge in [-0.05, 0) is 42.3 Å². The summed E-state index contributed by atoms with van der Waals surface area (Å²) in [6, 6.07) is 8.89. The largest absolute Gasteiger partial charge is 0.379 e. The average molecular weight is 500 g/mol. The van der Waals surface area contributed by atoms with Crippen LogP contribution in [0, 0.1) is 0 Å². The number of rotatable bonds is 4. The van der Waals surface area contributed by atoms with Gasteiger partial charge in [-0.15, -0.1) is 0 Å². The van der Waals surface area contributed by atoms with Crippen molar-refractivity contribution in [1.29, 1.82) is 0 Å². The molecule has 0 atom stereocenters. The third-order valence-electron chi connectivity index (χ3n) is 6.82. The lowest BCUT2D eigenvalue weighted by atomic mass is 10.1. The zero-order chi connectivity index (χ0) is 24.6. The van der Waals surface area contributed by atoms with Gasteiger partial charge in [-0.2, -0.15) is 4.31 Å². The van der Waals surface area contributed by atoms with Crippen molar-refractivity contribution in [2.24, 2.45) is 0 Å². The molecule has 0 unspecified atom stereocenters. The van der Waals surface area contributed by atoms with Crippen molar-refractivity contribution < 1.29 is 22.7 Å². The molecule has 3 aliphatic heterocycles. The number of hydrogen-bond acceptors (Lipinski definition) is 7. The number of aromatic nitrogens is 1. The number of carbonyl (C=O) groups is 2. The number of fused-ring (bicyclic) bond motifs is 1. The molecular weight excluding hydrogens is 470 g/mol. The molecule has 11 heteroatoms. The van der Waals surface area contributed by atoms with Crippen molar-refractivity contribution in [2.75, 3.05) is 68.8 Å². The van der Waals surface area contributed by atoms with E-state index in [1.165, 1.54) is 10.5 Å². The Kier molecular flexibility index (Phi) is 6.47. The van der Waals surface area contributed by atoms with Crippen LogP contribution in [0.5, 0.6) is 0 Å². The van der Waals surface area contributed by atoms with Crippen molar-refractivity contribution >= 4 is 33.3 Å². The summed E-state index contributed by atoms with van der Waals surface area (Å²) >= 11 is 0. The van der Waals surface area contributed by atoms with Crippen LogP contribution in [0.2, 0.25) is 0 Å². The second kappa shape index (κ2) is 9.56. The molecule has 0 spiro atoms. The second-order valence-corrected chi connectivity index (χ2v) is 10.8. The van der Waals surface area contributed by atoms with Crippen LogP contribution < -0.4 is 9.80 Å².